The molecule has 2 heterocycles. The number of methoxy groups -OCH3 is 1. The van der Waals surface area contributed by atoms with E-state index >= 15 is 0 Å². The number of aliphatic carboxylic acids is 1. The molecule has 1 saturated heterocycles. The summed E-state index contributed by atoms with van der Waals surface area (Å²) in [7, 11) is 1.68. The van der Waals surface area contributed by atoms with Gasteiger partial charge >= 0.3 is 5.97 Å². The van der Waals surface area contributed by atoms with Crippen molar-refractivity contribution in [3.63, 3.8) is 0 Å². The van der Waals surface area contributed by atoms with Crippen molar-refractivity contribution in [1.82, 2.24) is 9.80 Å². The van der Waals surface area contributed by atoms with Gasteiger partial charge in [-0.1, -0.05) is 57.0 Å². The Hall–Kier alpha value is -3.06. The van der Waals surface area contributed by atoms with Crippen molar-refractivity contribution < 1.29 is 24.2 Å². The van der Waals surface area contributed by atoms with Crippen LogP contribution in [0, 0.1) is 5.92 Å². The van der Waals surface area contributed by atoms with E-state index in [0.717, 1.165) is 86.2 Å². The summed E-state index contributed by atoms with van der Waals surface area (Å²) < 4.78 is 11.2. The minimum Gasteiger partial charge on any atom is -0.496 e. The van der Waals surface area contributed by atoms with Gasteiger partial charge in [0, 0.05) is 38.0 Å². The number of nitrogens with zero attached hydrogens (tertiary/aromatic N) is 2. The number of para-hydroxylation sites is 1. The molecular formula is C33H46N2O5. The predicted molar refractivity (Wildman–Crippen MR) is 157 cm³/mol. The van der Waals surface area contributed by atoms with Crippen molar-refractivity contribution in [2.24, 2.45) is 5.92 Å². The standard InChI is InChI=1S/C33H46N2O5/c1-4-6-18-34(19-7-5-2)31(36)23-35-22-27(25-15-16-30-26(21-25)17-20-40-30)32(33(37)38)28(35)13-10-12-24-11-8-9-14-29(24)39-3/h8-9,11,14-16,21,27-28,32H,4-7,10,12-13,17-20,22-23H2,1-3H3,(H,37,38)/t27-,28+,32?/m1/s1. The first kappa shape index (κ1) is 29.9. The first-order valence-corrected chi connectivity index (χ1v) is 15.1. The van der Waals surface area contributed by atoms with Crippen LogP contribution in [0.3, 0.4) is 0 Å². The Labute approximate surface area is 239 Å². The number of likely N-dealkylation sites (tertiary alicyclic amines) is 1. The maximum Gasteiger partial charge on any atom is 0.308 e. The van der Waals surface area contributed by atoms with Gasteiger partial charge in [-0.3, -0.25) is 14.5 Å². The van der Waals surface area contributed by atoms with Crippen LogP contribution in [0.2, 0.25) is 0 Å². The number of aryl methyl sites for hydroxylation is 1. The minimum atomic E-state index is -0.784. The largest absolute Gasteiger partial charge is 0.496 e. The van der Waals surface area contributed by atoms with Gasteiger partial charge < -0.3 is 19.5 Å². The molecule has 40 heavy (non-hydrogen) atoms. The Morgan fingerprint density at radius 1 is 1.07 bits per heavy atom. The summed E-state index contributed by atoms with van der Waals surface area (Å²) in [5.74, 6) is 0.335. The number of benzene rings is 2. The van der Waals surface area contributed by atoms with E-state index in [9.17, 15) is 14.7 Å². The number of carboxylic acid groups (broad SMARTS) is 1. The molecule has 0 saturated carbocycles. The predicted octanol–water partition coefficient (Wildman–Crippen LogP) is 5.55. The van der Waals surface area contributed by atoms with E-state index in [1.165, 1.54) is 0 Å². The van der Waals surface area contributed by atoms with Crippen molar-refractivity contribution in [3.05, 3.63) is 59.2 Å². The Balaban J connectivity index is 1.57. The smallest absolute Gasteiger partial charge is 0.308 e. The van der Waals surface area contributed by atoms with Crippen LogP contribution in [0.25, 0.3) is 0 Å². The lowest BCUT2D eigenvalue weighted by Crippen LogP contribution is -2.44. The summed E-state index contributed by atoms with van der Waals surface area (Å²) in [6.45, 7) is 7.31. The topological polar surface area (TPSA) is 79.3 Å². The highest BCUT2D eigenvalue weighted by atomic mass is 16.5. The molecule has 2 aromatic carbocycles. The lowest BCUT2D eigenvalue weighted by atomic mass is 9.83. The van der Waals surface area contributed by atoms with Crippen LogP contribution in [-0.4, -0.2) is 72.7 Å². The summed E-state index contributed by atoms with van der Waals surface area (Å²) in [6, 6.07) is 13.9. The molecule has 1 N–H and O–H groups in total. The number of unbranched alkanes of at least 4 members (excludes halogenated alkanes) is 2. The molecule has 0 spiro atoms. The molecule has 0 radical (unpaired) electrons. The maximum atomic E-state index is 13.6. The van der Waals surface area contributed by atoms with Crippen LogP contribution >= 0.6 is 0 Å². The van der Waals surface area contributed by atoms with Crippen molar-refractivity contribution in [1.29, 1.82) is 0 Å². The molecule has 2 aromatic rings. The zero-order valence-electron chi connectivity index (χ0n) is 24.4. The fourth-order valence-corrected chi connectivity index (χ4v) is 6.37. The zero-order valence-corrected chi connectivity index (χ0v) is 24.4. The Morgan fingerprint density at radius 2 is 1.82 bits per heavy atom. The highest BCUT2D eigenvalue weighted by Gasteiger charge is 2.47. The maximum absolute atomic E-state index is 13.6. The summed E-state index contributed by atoms with van der Waals surface area (Å²) in [6.07, 6.45) is 7.21. The number of hydrogen-bond donors (Lipinski definition) is 1. The molecule has 1 unspecified atom stereocenters. The van der Waals surface area contributed by atoms with E-state index in [4.69, 9.17) is 9.47 Å². The quantitative estimate of drug-likeness (QED) is 0.313. The van der Waals surface area contributed by atoms with Gasteiger partial charge in [-0.05, 0) is 60.9 Å². The van der Waals surface area contributed by atoms with Crippen molar-refractivity contribution in [2.75, 3.05) is 39.9 Å². The highest BCUT2D eigenvalue weighted by molar-refractivity contribution is 5.79. The van der Waals surface area contributed by atoms with Gasteiger partial charge in [0.25, 0.3) is 0 Å². The number of carbonyl (C=O) groups is 2. The first-order valence-electron chi connectivity index (χ1n) is 15.1. The molecule has 0 bridgehead atoms. The molecule has 2 aliphatic rings. The second-order valence-corrected chi connectivity index (χ2v) is 11.2. The molecule has 7 heteroatoms. The van der Waals surface area contributed by atoms with Crippen molar-refractivity contribution in [2.45, 2.75) is 77.2 Å². The average molecular weight is 551 g/mol. The minimum absolute atomic E-state index is 0.115. The first-order chi connectivity index (χ1) is 19.5. The van der Waals surface area contributed by atoms with Crippen LogP contribution in [-0.2, 0) is 22.4 Å². The summed E-state index contributed by atoms with van der Waals surface area (Å²) in [5.41, 5.74) is 3.31. The Morgan fingerprint density at radius 3 is 2.52 bits per heavy atom. The molecular weight excluding hydrogens is 504 g/mol. The monoisotopic (exact) mass is 550 g/mol. The van der Waals surface area contributed by atoms with E-state index < -0.39 is 11.9 Å². The third-order valence-corrected chi connectivity index (χ3v) is 8.57. The van der Waals surface area contributed by atoms with Gasteiger partial charge in [0.2, 0.25) is 5.91 Å². The van der Waals surface area contributed by atoms with Crippen LogP contribution in [0.4, 0.5) is 0 Å². The van der Waals surface area contributed by atoms with E-state index in [2.05, 4.69) is 30.9 Å². The molecule has 218 valence electrons. The summed E-state index contributed by atoms with van der Waals surface area (Å²) in [5, 5.41) is 10.5. The van der Waals surface area contributed by atoms with Crippen LogP contribution in [0.15, 0.2) is 42.5 Å². The molecule has 4 rings (SSSR count). The van der Waals surface area contributed by atoms with Gasteiger partial charge in [0.05, 0.1) is 26.2 Å². The van der Waals surface area contributed by atoms with Crippen LogP contribution < -0.4 is 9.47 Å². The Bertz CT molecular complexity index is 1130. The highest BCUT2D eigenvalue weighted by Crippen LogP contribution is 2.41. The molecule has 7 nitrogen and oxygen atoms in total. The van der Waals surface area contributed by atoms with Gasteiger partial charge in [0.1, 0.15) is 11.5 Å². The molecule has 0 aromatic heterocycles. The molecule has 3 atom stereocenters. The second kappa shape index (κ2) is 14.5. The van der Waals surface area contributed by atoms with Crippen LogP contribution in [0.5, 0.6) is 11.5 Å². The number of ether oxygens (including phenoxy) is 2. The van der Waals surface area contributed by atoms with Crippen molar-refractivity contribution in [3.8, 4) is 11.5 Å². The normalized spacial score (nSPS) is 20.2. The number of fused-ring (bicyclic) bond motifs is 1. The lowest BCUT2D eigenvalue weighted by molar-refractivity contribution is -0.143. The van der Waals surface area contributed by atoms with Crippen molar-refractivity contribution >= 4 is 11.9 Å². The number of carboxylic acids is 1. The summed E-state index contributed by atoms with van der Waals surface area (Å²) in [4.78, 5) is 30.6. The number of amides is 1. The third kappa shape index (κ3) is 7.17. The van der Waals surface area contributed by atoms with E-state index in [1.54, 1.807) is 7.11 Å². The fourth-order valence-electron chi connectivity index (χ4n) is 6.37. The van der Waals surface area contributed by atoms with E-state index in [-0.39, 0.29) is 24.4 Å². The van der Waals surface area contributed by atoms with E-state index in [1.807, 2.05) is 35.2 Å². The SMILES string of the molecule is CCCCN(CCCC)C(=O)CN1C[C@H](c2ccc3c(c2)CCO3)C(C(=O)O)[C@@H]1CCCc1ccccc1OC. The van der Waals surface area contributed by atoms with E-state index in [0.29, 0.717) is 19.6 Å². The van der Waals surface area contributed by atoms with Gasteiger partial charge in [0.15, 0.2) is 0 Å². The average Bonchev–Trinajstić information content (AvgIpc) is 3.57. The molecule has 1 amide bonds. The molecule has 0 aliphatic carbocycles. The van der Waals surface area contributed by atoms with Crippen LogP contribution in [0.1, 0.15) is 75.0 Å². The zero-order chi connectivity index (χ0) is 28.5. The van der Waals surface area contributed by atoms with Gasteiger partial charge in [-0.15, -0.1) is 0 Å². The Kier molecular flexibility index (Phi) is 10.9. The molecule has 2 aliphatic heterocycles. The third-order valence-electron chi connectivity index (χ3n) is 8.57. The summed E-state index contributed by atoms with van der Waals surface area (Å²) >= 11 is 0. The fraction of sp³-hybridized carbons (Fsp3) is 0.576. The number of carbonyl (C=O) groups excluding carboxylic acids is 1. The van der Waals surface area contributed by atoms with Gasteiger partial charge in [-0.2, -0.15) is 0 Å². The van der Waals surface area contributed by atoms with Gasteiger partial charge in [-0.25, -0.2) is 0 Å². The lowest BCUT2D eigenvalue weighted by Gasteiger charge is -2.30. The molecule has 1 fully saturated rings. The number of hydrogen-bond acceptors (Lipinski definition) is 5. The number of rotatable bonds is 15. The second-order valence-electron chi connectivity index (χ2n) is 11.2.